The fourth-order valence-electron chi connectivity index (χ4n) is 4.20. The molecule has 0 bridgehead atoms. The average Bonchev–Trinajstić information content (AvgIpc) is 3.36. The average molecular weight is 465 g/mol. The molecule has 1 aliphatic heterocycles. The van der Waals surface area contributed by atoms with Crippen molar-refractivity contribution in [2.24, 2.45) is 5.92 Å². The van der Waals surface area contributed by atoms with Crippen LogP contribution in [0.2, 0.25) is 5.02 Å². The smallest absolute Gasteiger partial charge is 0.272 e. The molecular formula is C22H23ClF2N4O3. The summed E-state index contributed by atoms with van der Waals surface area (Å²) in [6, 6.07) is 3.17. The second-order valence-corrected chi connectivity index (χ2v) is 8.49. The number of amides is 2. The zero-order chi connectivity index (χ0) is 22.7. The minimum atomic E-state index is -2.63. The van der Waals surface area contributed by atoms with Crippen LogP contribution in [0.4, 0.5) is 14.6 Å². The lowest BCUT2D eigenvalue weighted by atomic mass is 10.0. The van der Waals surface area contributed by atoms with Crippen LogP contribution in [0, 0.1) is 5.92 Å². The second-order valence-electron chi connectivity index (χ2n) is 8.08. The Balaban J connectivity index is 1.42. The number of carbonyl (C=O) groups is 2. The second kappa shape index (κ2) is 9.77. The van der Waals surface area contributed by atoms with E-state index in [1.54, 1.807) is 11.0 Å². The van der Waals surface area contributed by atoms with E-state index in [2.05, 4.69) is 15.3 Å². The van der Waals surface area contributed by atoms with E-state index in [4.69, 9.17) is 16.3 Å². The van der Waals surface area contributed by atoms with Crippen molar-refractivity contribution in [1.82, 2.24) is 14.9 Å². The molecule has 0 unspecified atom stereocenters. The molecule has 1 aliphatic carbocycles. The van der Waals surface area contributed by atoms with Gasteiger partial charge in [0.05, 0.1) is 6.54 Å². The van der Waals surface area contributed by atoms with Crippen molar-refractivity contribution in [3.8, 4) is 5.88 Å². The molecule has 0 atom stereocenters. The number of hydrogen-bond donors (Lipinski definition) is 1. The maximum Gasteiger partial charge on any atom is 0.272 e. The highest BCUT2D eigenvalue weighted by molar-refractivity contribution is 6.31. The molecule has 0 spiro atoms. The third-order valence-corrected chi connectivity index (χ3v) is 5.98. The Morgan fingerprint density at radius 2 is 2.09 bits per heavy atom. The first-order valence-corrected chi connectivity index (χ1v) is 10.9. The highest BCUT2D eigenvalue weighted by Crippen LogP contribution is 2.31. The zero-order valence-corrected chi connectivity index (χ0v) is 18.1. The number of nitrogens with one attached hydrogen (secondary N) is 1. The maximum atomic E-state index is 12.9. The third kappa shape index (κ3) is 5.15. The monoisotopic (exact) mass is 464 g/mol. The van der Waals surface area contributed by atoms with Crippen LogP contribution in [0.15, 0.2) is 24.5 Å². The molecule has 7 nitrogen and oxygen atoms in total. The molecule has 1 fully saturated rings. The van der Waals surface area contributed by atoms with Crippen molar-refractivity contribution < 1.29 is 23.1 Å². The van der Waals surface area contributed by atoms with Crippen molar-refractivity contribution >= 4 is 29.2 Å². The summed E-state index contributed by atoms with van der Waals surface area (Å²) in [5.41, 5.74) is 1.79. The largest absolute Gasteiger partial charge is 0.471 e. The number of hydrogen-bond acceptors (Lipinski definition) is 5. The van der Waals surface area contributed by atoms with Crippen molar-refractivity contribution in [2.45, 2.75) is 51.6 Å². The molecule has 0 saturated heterocycles. The van der Waals surface area contributed by atoms with Crippen LogP contribution in [-0.2, 0) is 17.9 Å². The summed E-state index contributed by atoms with van der Waals surface area (Å²) in [4.78, 5) is 35.2. The SMILES string of the molecule is O=C(CC1CCCC1)Nc1nccc2c1CN(Cc1cnc(OCC(F)F)c(Cl)c1)C2=O. The van der Waals surface area contributed by atoms with Crippen LogP contribution in [0.5, 0.6) is 5.88 Å². The minimum Gasteiger partial charge on any atom is -0.471 e. The summed E-state index contributed by atoms with van der Waals surface area (Å²) < 4.78 is 29.5. The van der Waals surface area contributed by atoms with Crippen LogP contribution in [0.1, 0.15) is 53.6 Å². The van der Waals surface area contributed by atoms with Crippen molar-refractivity contribution in [2.75, 3.05) is 11.9 Å². The number of rotatable bonds is 8. The fraction of sp³-hybridized carbons (Fsp3) is 0.455. The number of anilines is 1. The predicted molar refractivity (Wildman–Crippen MR) is 114 cm³/mol. The number of aromatic nitrogens is 2. The molecule has 1 saturated carbocycles. The third-order valence-electron chi connectivity index (χ3n) is 5.71. The summed E-state index contributed by atoms with van der Waals surface area (Å²) in [6.45, 7) is -0.304. The topological polar surface area (TPSA) is 84.4 Å². The summed E-state index contributed by atoms with van der Waals surface area (Å²) in [6.07, 6.45) is 5.26. The van der Waals surface area contributed by atoms with E-state index >= 15 is 0 Å². The molecule has 170 valence electrons. The first-order chi connectivity index (χ1) is 15.4. The van der Waals surface area contributed by atoms with Crippen molar-refractivity contribution in [3.63, 3.8) is 0 Å². The number of ether oxygens (including phenoxy) is 1. The molecule has 2 amide bonds. The number of halogens is 3. The van der Waals surface area contributed by atoms with Gasteiger partial charge in [-0.25, -0.2) is 18.7 Å². The molecule has 10 heteroatoms. The van der Waals surface area contributed by atoms with Crippen LogP contribution in [-0.4, -0.2) is 39.7 Å². The lowest BCUT2D eigenvalue weighted by Crippen LogP contribution is -2.23. The summed E-state index contributed by atoms with van der Waals surface area (Å²) in [5, 5.41) is 2.97. The van der Waals surface area contributed by atoms with Gasteiger partial charge in [-0.3, -0.25) is 9.59 Å². The van der Waals surface area contributed by atoms with Gasteiger partial charge in [0.25, 0.3) is 12.3 Å². The highest BCUT2D eigenvalue weighted by atomic mass is 35.5. The quantitative estimate of drug-likeness (QED) is 0.624. The molecule has 32 heavy (non-hydrogen) atoms. The Kier molecular flexibility index (Phi) is 6.83. The maximum absolute atomic E-state index is 12.9. The van der Waals surface area contributed by atoms with Crippen LogP contribution in [0.25, 0.3) is 0 Å². The van der Waals surface area contributed by atoms with Gasteiger partial charge in [-0.2, -0.15) is 0 Å². The number of pyridine rings is 2. The van der Waals surface area contributed by atoms with E-state index in [9.17, 15) is 18.4 Å². The Hall–Kier alpha value is -2.81. The molecule has 3 heterocycles. The standard InChI is InChI=1S/C22H23ClF2N4O3/c23-17-7-14(9-27-21(17)32-12-18(24)25)10-29-11-16-15(22(29)31)5-6-26-20(16)28-19(30)8-13-3-1-2-4-13/h5-7,9,13,18H,1-4,8,10-12H2,(H,26,28,30). The first kappa shape index (κ1) is 22.4. The Morgan fingerprint density at radius 1 is 1.31 bits per heavy atom. The lowest BCUT2D eigenvalue weighted by molar-refractivity contribution is -0.117. The molecule has 4 rings (SSSR count). The van der Waals surface area contributed by atoms with Gasteiger partial charge in [0.15, 0.2) is 6.61 Å². The van der Waals surface area contributed by atoms with Gasteiger partial charge in [0, 0.05) is 36.5 Å². The van der Waals surface area contributed by atoms with Gasteiger partial charge in [0.2, 0.25) is 11.8 Å². The van der Waals surface area contributed by atoms with Gasteiger partial charge < -0.3 is 15.0 Å². The molecule has 0 radical (unpaired) electrons. The van der Waals surface area contributed by atoms with E-state index < -0.39 is 13.0 Å². The van der Waals surface area contributed by atoms with E-state index in [-0.39, 0.29) is 35.8 Å². The van der Waals surface area contributed by atoms with Gasteiger partial charge in [-0.15, -0.1) is 0 Å². The number of carbonyl (C=O) groups excluding carboxylic acids is 2. The molecular weight excluding hydrogens is 442 g/mol. The van der Waals surface area contributed by atoms with Crippen molar-refractivity contribution in [3.05, 3.63) is 46.2 Å². The number of fused-ring (bicyclic) bond motifs is 1. The van der Waals surface area contributed by atoms with Crippen LogP contribution >= 0.6 is 11.6 Å². The van der Waals surface area contributed by atoms with E-state index in [0.717, 1.165) is 12.8 Å². The summed E-state index contributed by atoms with van der Waals surface area (Å²) in [7, 11) is 0. The Morgan fingerprint density at radius 3 is 2.81 bits per heavy atom. The van der Waals surface area contributed by atoms with Gasteiger partial charge >= 0.3 is 0 Å². The van der Waals surface area contributed by atoms with Gasteiger partial charge in [-0.05, 0) is 36.5 Å². The van der Waals surface area contributed by atoms with Crippen LogP contribution in [0.3, 0.4) is 0 Å². The molecule has 1 N–H and O–H groups in total. The molecule has 2 aromatic heterocycles. The lowest BCUT2D eigenvalue weighted by Gasteiger charge is -2.16. The highest BCUT2D eigenvalue weighted by Gasteiger charge is 2.31. The van der Waals surface area contributed by atoms with E-state index in [0.29, 0.717) is 34.8 Å². The minimum absolute atomic E-state index is 0.0804. The van der Waals surface area contributed by atoms with Crippen molar-refractivity contribution in [1.29, 1.82) is 0 Å². The van der Waals surface area contributed by atoms with E-state index in [1.807, 2.05) is 0 Å². The zero-order valence-electron chi connectivity index (χ0n) is 17.3. The normalized spacial score (nSPS) is 16.0. The van der Waals surface area contributed by atoms with Crippen LogP contribution < -0.4 is 10.1 Å². The summed E-state index contributed by atoms with van der Waals surface area (Å²) >= 11 is 6.08. The predicted octanol–water partition coefficient (Wildman–Crippen LogP) is 4.45. The van der Waals surface area contributed by atoms with Gasteiger partial charge in [-0.1, -0.05) is 24.4 Å². The number of alkyl halides is 2. The molecule has 0 aromatic carbocycles. The molecule has 2 aromatic rings. The molecule has 2 aliphatic rings. The first-order valence-electron chi connectivity index (χ1n) is 10.5. The fourth-order valence-corrected chi connectivity index (χ4v) is 4.44. The van der Waals surface area contributed by atoms with E-state index in [1.165, 1.54) is 31.3 Å². The Bertz CT molecular complexity index is 1010. The van der Waals surface area contributed by atoms with Gasteiger partial charge in [0.1, 0.15) is 10.8 Å². The summed E-state index contributed by atoms with van der Waals surface area (Å²) in [5.74, 6) is 0.466. The Labute approximate surface area is 189 Å². The number of nitrogens with zero attached hydrogens (tertiary/aromatic N) is 3.